The van der Waals surface area contributed by atoms with Gasteiger partial charge in [-0.05, 0) is 18.4 Å². The summed E-state index contributed by atoms with van der Waals surface area (Å²) < 4.78 is 5.10. The molecule has 6 heteroatoms. The smallest absolute Gasteiger partial charge is 0.341 e. The third-order valence-electron chi connectivity index (χ3n) is 2.63. The SMILES string of the molecule is CCOC(=O)c1c(-c2cccs2)csc1NC(=O)CC. The Morgan fingerprint density at radius 2 is 2.10 bits per heavy atom. The van der Waals surface area contributed by atoms with E-state index >= 15 is 0 Å². The topological polar surface area (TPSA) is 55.4 Å². The van der Waals surface area contributed by atoms with Gasteiger partial charge in [0.1, 0.15) is 10.6 Å². The minimum atomic E-state index is -0.399. The van der Waals surface area contributed by atoms with Crippen molar-refractivity contribution < 1.29 is 14.3 Å². The monoisotopic (exact) mass is 309 g/mol. The maximum absolute atomic E-state index is 12.2. The highest BCUT2D eigenvalue weighted by atomic mass is 32.1. The number of thiophene rings is 2. The second-order valence-electron chi connectivity index (χ2n) is 3.95. The fraction of sp³-hybridized carbons (Fsp3) is 0.286. The molecule has 0 unspecified atom stereocenters. The fourth-order valence-electron chi connectivity index (χ4n) is 1.68. The molecule has 0 aliphatic rings. The number of hydrogen-bond donors (Lipinski definition) is 1. The van der Waals surface area contributed by atoms with E-state index in [1.54, 1.807) is 25.2 Å². The number of anilines is 1. The Kier molecular flexibility index (Phi) is 4.92. The number of amides is 1. The van der Waals surface area contributed by atoms with Crippen LogP contribution in [-0.4, -0.2) is 18.5 Å². The number of carbonyl (C=O) groups is 2. The predicted octanol–water partition coefficient (Wildman–Crippen LogP) is 4.00. The first-order valence-electron chi connectivity index (χ1n) is 6.29. The number of ether oxygens (including phenoxy) is 1. The van der Waals surface area contributed by atoms with E-state index < -0.39 is 5.97 Å². The first-order chi connectivity index (χ1) is 9.67. The van der Waals surface area contributed by atoms with Crippen molar-refractivity contribution in [1.29, 1.82) is 0 Å². The molecule has 2 heterocycles. The van der Waals surface area contributed by atoms with Gasteiger partial charge in [0, 0.05) is 22.2 Å². The van der Waals surface area contributed by atoms with Gasteiger partial charge in [0.25, 0.3) is 0 Å². The van der Waals surface area contributed by atoms with Crippen LogP contribution in [0.3, 0.4) is 0 Å². The van der Waals surface area contributed by atoms with E-state index in [0.717, 1.165) is 10.4 Å². The van der Waals surface area contributed by atoms with E-state index in [1.807, 2.05) is 22.9 Å². The Morgan fingerprint density at radius 3 is 2.70 bits per heavy atom. The first kappa shape index (κ1) is 14.7. The Labute approximate surface area is 125 Å². The van der Waals surface area contributed by atoms with E-state index in [0.29, 0.717) is 23.6 Å². The predicted molar refractivity (Wildman–Crippen MR) is 82.5 cm³/mol. The van der Waals surface area contributed by atoms with E-state index in [9.17, 15) is 9.59 Å². The molecule has 1 N–H and O–H groups in total. The molecule has 0 aliphatic carbocycles. The molecule has 0 aliphatic heterocycles. The van der Waals surface area contributed by atoms with Gasteiger partial charge in [-0.1, -0.05) is 13.0 Å². The van der Waals surface area contributed by atoms with Crippen LogP contribution in [0.15, 0.2) is 22.9 Å². The van der Waals surface area contributed by atoms with Crippen LogP contribution < -0.4 is 5.32 Å². The third-order valence-corrected chi connectivity index (χ3v) is 4.43. The normalized spacial score (nSPS) is 10.3. The van der Waals surface area contributed by atoms with E-state index in [2.05, 4.69) is 5.32 Å². The minimum absolute atomic E-state index is 0.116. The fourth-order valence-corrected chi connectivity index (χ4v) is 3.47. The van der Waals surface area contributed by atoms with Crippen LogP contribution in [-0.2, 0) is 9.53 Å². The summed E-state index contributed by atoms with van der Waals surface area (Å²) >= 11 is 2.90. The summed E-state index contributed by atoms with van der Waals surface area (Å²) in [6, 6.07) is 3.87. The molecular formula is C14H15NO3S2. The van der Waals surface area contributed by atoms with Crippen molar-refractivity contribution in [3.8, 4) is 10.4 Å². The lowest BCUT2D eigenvalue weighted by molar-refractivity contribution is -0.115. The average Bonchev–Trinajstić information content (AvgIpc) is 3.07. The largest absolute Gasteiger partial charge is 0.462 e. The Bertz CT molecular complexity index is 602. The van der Waals surface area contributed by atoms with Crippen molar-refractivity contribution >= 4 is 39.6 Å². The lowest BCUT2D eigenvalue weighted by Crippen LogP contribution is -2.13. The van der Waals surface area contributed by atoms with Gasteiger partial charge in [0.2, 0.25) is 5.91 Å². The van der Waals surface area contributed by atoms with Gasteiger partial charge in [0.05, 0.1) is 6.61 Å². The van der Waals surface area contributed by atoms with Crippen LogP contribution in [0, 0.1) is 0 Å². The highest BCUT2D eigenvalue weighted by Crippen LogP contribution is 2.38. The molecule has 20 heavy (non-hydrogen) atoms. The number of rotatable bonds is 5. The number of hydrogen-bond acceptors (Lipinski definition) is 5. The molecular weight excluding hydrogens is 294 g/mol. The zero-order valence-corrected chi connectivity index (χ0v) is 12.9. The Hall–Kier alpha value is -1.66. The summed E-state index contributed by atoms with van der Waals surface area (Å²) in [6.07, 6.45) is 0.370. The van der Waals surface area contributed by atoms with Gasteiger partial charge in [-0.3, -0.25) is 4.79 Å². The van der Waals surface area contributed by atoms with Crippen molar-refractivity contribution in [2.24, 2.45) is 0 Å². The maximum Gasteiger partial charge on any atom is 0.341 e. The maximum atomic E-state index is 12.2. The van der Waals surface area contributed by atoms with Crippen molar-refractivity contribution in [3.63, 3.8) is 0 Å². The summed E-state index contributed by atoms with van der Waals surface area (Å²) in [5, 5.41) is 7.15. The number of nitrogens with one attached hydrogen (secondary N) is 1. The molecule has 0 bridgehead atoms. The second-order valence-corrected chi connectivity index (χ2v) is 5.78. The molecule has 0 fully saturated rings. The molecule has 0 atom stereocenters. The first-order valence-corrected chi connectivity index (χ1v) is 8.05. The van der Waals surface area contributed by atoms with Gasteiger partial charge >= 0.3 is 5.97 Å². The summed E-state index contributed by atoms with van der Waals surface area (Å²) in [4.78, 5) is 24.7. The third kappa shape index (κ3) is 3.08. The lowest BCUT2D eigenvalue weighted by Gasteiger charge is -2.07. The van der Waals surface area contributed by atoms with Crippen molar-refractivity contribution in [1.82, 2.24) is 0 Å². The molecule has 0 radical (unpaired) electrons. The van der Waals surface area contributed by atoms with Gasteiger partial charge in [0.15, 0.2) is 0 Å². The average molecular weight is 309 g/mol. The molecule has 2 aromatic rings. The summed E-state index contributed by atoms with van der Waals surface area (Å²) in [5.74, 6) is -0.515. The highest BCUT2D eigenvalue weighted by molar-refractivity contribution is 7.17. The van der Waals surface area contributed by atoms with Crippen LogP contribution >= 0.6 is 22.7 Å². The molecule has 1 amide bonds. The molecule has 4 nitrogen and oxygen atoms in total. The van der Waals surface area contributed by atoms with Crippen LogP contribution in [0.25, 0.3) is 10.4 Å². The Morgan fingerprint density at radius 1 is 1.30 bits per heavy atom. The van der Waals surface area contributed by atoms with Crippen LogP contribution in [0.2, 0.25) is 0 Å². The van der Waals surface area contributed by atoms with Crippen LogP contribution in [0.5, 0.6) is 0 Å². The zero-order chi connectivity index (χ0) is 14.5. The second kappa shape index (κ2) is 6.67. The van der Waals surface area contributed by atoms with Crippen molar-refractivity contribution in [2.75, 3.05) is 11.9 Å². The van der Waals surface area contributed by atoms with Crippen molar-refractivity contribution in [3.05, 3.63) is 28.5 Å². The zero-order valence-electron chi connectivity index (χ0n) is 11.3. The number of carbonyl (C=O) groups excluding carboxylic acids is 2. The standard InChI is InChI=1S/C14H15NO3S2/c1-3-11(16)15-13-12(14(17)18-4-2)9(8-20-13)10-6-5-7-19-10/h5-8H,3-4H2,1-2H3,(H,15,16). The van der Waals surface area contributed by atoms with E-state index in [-0.39, 0.29) is 5.91 Å². The molecule has 0 saturated heterocycles. The summed E-state index contributed by atoms with van der Waals surface area (Å²) in [6.45, 7) is 3.84. The lowest BCUT2D eigenvalue weighted by atomic mass is 10.1. The van der Waals surface area contributed by atoms with Gasteiger partial charge in [-0.15, -0.1) is 22.7 Å². The quantitative estimate of drug-likeness (QED) is 0.849. The molecule has 2 rings (SSSR count). The number of esters is 1. The molecule has 2 aromatic heterocycles. The van der Waals surface area contributed by atoms with Crippen LogP contribution in [0.1, 0.15) is 30.6 Å². The van der Waals surface area contributed by atoms with E-state index in [1.165, 1.54) is 11.3 Å². The Balaban J connectivity index is 2.42. The van der Waals surface area contributed by atoms with E-state index in [4.69, 9.17) is 4.74 Å². The van der Waals surface area contributed by atoms with Crippen LogP contribution in [0.4, 0.5) is 5.00 Å². The van der Waals surface area contributed by atoms with Gasteiger partial charge < -0.3 is 10.1 Å². The molecule has 0 saturated carbocycles. The molecule has 106 valence electrons. The molecule has 0 aromatic carbocycles. The van der Waals surface area contributed by atoms with Gasteiger partial charge in [-0.25, -0.2) is 4.79 Å². The van der Waals surface area contributed by atoms with Gasteiger partial charge in [-0.2, -0.15) is 0 Å². The highest BCUT2D eigenvalue weighted by Gasteiger charge is 2.22. The summed E-state index contributed by atoms with van der Waals surface area (Å²) in [7, 11) is 0. The van der Waals surface area contributed by atoms with Crippen molar-refractivity contribution in [2.45, 2.75) is 20.3 Å². The molecule has 0 spiro atoms. The minimum Gasteiger partial charge on any atom is -0.462 e. The summed E-state index contributed by atoms with van der Waals surface area (Å²) in [5.41, 5.74) is 1.26.